The number of nitrogens with one attached hydrogen (secondary N) is 1. The van der Waals surface area contributed by atoms with Gasteiger partial charge in [-0.25, -0.2) is 0 Å². The summed E-state index contributed by atoms with van der Waals surface area (Å²) in [6, 6.07) is 8.23. The van der Waals surface area contributed by atoms with Gasteiger partial charge in [0, 0.05) is 36.2 Å². The molecule has 2 N–H and O–H groups in total. The van der Waals surface area contributed by atoms with Crippen molar-refractivity contribution in [2.24, 2.45) is 11.3 Å². The van der Waals surface area contributed by atoms with Crippen molar-refractivity contribution in [2.45, 2.75) is 32.7 Å². The highest BCUT2D eigenvalue weighted by molar-refractivity contribution is 6.31. The Morgan fingerprint density at radius 1 is 1.38 bits per heavy atom. The van der Waals surface area contributed by atoms with Crippen LogP contribution in [0.4, 0.5) is 0 Å². The Kier molecular flexibility index (Phi) is 6.06. The molecule has 0 spiro atoms. The van der Waals surface area contributed by atoms with Crippen molar-refractivity contribution in [1.29, 1.82) is 0 Å². The molecule has 1 aromatic rings. The summed E-state index contributed by atoms with van der Waals surface area (Å²) in [5.41, 5.74) is 1.20. The molecule has 118 valence electrons. The van der Waals surface area contributed by atoms with Crippen LogP contribution in [0, 0.1) is 11.3 Å². The maximum atomic E-state index is 9.32. The van der Waals surface area contributed by atoms with E-state index in [0.29, 0.717) is 5.92 Å². The third kappa shape index (κ3) is 4.19. The lowest BCUT2D eigenvalue weighted by atomic mass is 9.83. The van der Waals surface area contributed by atoms with Crippen LogP contribution in [0.25, 0.3) is 0 Å². The molecule has 0 aliphatic carbocycles. The second-order valence-corrected chi connectivity index (χ2v) is 6.81. The Hall–Kier alpha value is -0.610. The van der Waals surface area contributed by atoms with E-state index in [2.05, 4.69) is 25.2 Å². The molecule has 1 heterocycles. The minimum atomic E-state index is 0.0587. The highest BCUT2D eigenvalue weighted by Crippen LogP contribution is 2.34. The molecule has 2 unspecified atom stereocenters. The van der Waals surface area contributed by atoms with Gasteiger partial charge < -0.3 is 15.2 Å². The van der Waals surface area contributed by atoms with Crippen LogP contribution in [0.5, 0.6) is 0 Å². The summed E-state index contributed by atoms with van der Waals surface area (Å²) in [7, 11) is 0. The van der Waals surface area contributed by atoms with Gasteiger partial charge in [-0.2, -0.15) is 0 Å². The Balaban J connectivity index is 2.08. The molecule has 0 amide bonds. The number of ether oxygens (including phenoxy) is 1. The first kappa shape index (κ1) is 16.8. The Bertz CT molecular complexity index is 444. The van der Waals surface area contributed by atoms with Crippen molar-refractivity contribution in [3.8, 4) is 0 Å². The lowest BCUT2D eigenvalue weighted by Gasteiger charge is -2.32. The van der Waals surface area contributed by atoms with E-state index in [0.717, 1.165) is 43.2 Å². The highest BCUT2D eigenvalue weighted by atomic mass is 35.5. The van der Waals surface area contributed by atoms with E-state index in [1.165, 1.54) is 0 Å². The minimum Gasteiger partial charge on any atom is -0.396 e. The molecule has 0 bridgehead atoms. The van der Waals surface area contributed by atoms with Crippen molar-refractivity contribution >= 4 is 11.6 Å². The molecular formula is C17H26ClNO2. The molecule has 1 saturated heterocycles. The molecule has 4 heteroatoms. The third-order valence-electron chi connectivity index (χ3n) is 4.43. The van der Waals surface area contributed by atoms with Crippen LogP contribution in [0.2, 0.25) is 5.02 Å². The molecule has 3 nitrogen and oxygen atoms in total. The van der Waals surface area contributed by atoms with Gasteiger partial charge in [0.05, 0.1) is 6.61 Å². The molecule has 1 aromatic carbocycles. The van der Waals surface area contributed by atoms with Crippen molar-refractivity contribution in [3.63, 3.8) is 0 Å². The van der Waals surface area contributed by atoms with Crippen molar-refractivity contribution in [2.75, 3.05) is 26.4 Å². The second kappa shape index (κ2) is 7.59. The summed E-state index contributed by atoms with van der Waals surface area (Å²) in [6.07, 6.45) is 1.79. The van der Waals surface area contributed by atoms with E-state index in [9.17, 15) is 5.11 Å². The SMILES string of the molecule is CC(C)C(NCC1(CCO)CCOC1)c1ccccc1Cl. The molecule has 1 aliphatic heterocycles. The fraction of sp³-hybridized carbons (Fsp3) is 0.647. The van der Waals surface area contributed by atoms with Crippen LogP contribution in [0.1, 0.15) is 38.3 Å². The highest BCUT2D eigenvalue weighted by Gasteiger charge is 2.35. The fourth-order valence-electron chi connectivity index (χ4n) is 3.07. The standard InChI is InChI=1S/C17H26ClNO2/c1-13(2)16(14-5-3-4-6-15(14)18)19-11-17(7-9-20)8-10-21-12-17/h3-6,13,16,19-20H,7-12H2,1-2H3. The van der Waals surface area contributed by atoms with Crippen LogP contribution in [0.3, 0.4) is 0 Å². The van der Waals surface area contributed by atoms with Crippen LogP contribution in [-0.4, -0.2) is 31.5 Å². The van der Waals surface area contributed by atoms with Crippen molar-refractivity contribution < 1.29 is 9.84 Å². The summed E-state index contributed by atoms with van der Waals surface area (Å²) in [5, 5.41) is 13.8. The van der Waals surface area contributed by atoms with Gasteiger partial charge in [-0.1, -0.05) is 43.6 Å². The zero-order valence-corrected chi connectivity index (χ0v) is 13.7. The van der Waals surface area contributed by atoms with Gasteiger partial charge in [0.25, 0.3) is 0 Å². The predicted octanol–water partition coefficient (Wildman–Crippen LogP) is 3.42. The number of halogens is 1. The minimum absolute atomic E-state index is 0.0587. The monoisotopic (exact) mass is 311 g/mol. The maximum absolute atomic E-state index is 9.32. The smallest absolute Gasteiger partial charge is 0.0536 e. The lowest BCUT2D eigenvalue weighted by molar-refractivity contribution is 0.120. The quantitative estimate of drug-likeness (QED) is 0.811. The van der Waals surface area contributed by atoms with Crippen molar-refractivity contribution in [3.05, 3.63) is 34.9 Å². The van der Waals surface area contributed by atoms with Gasteiger partial charge >= 0.3 is 0 Å². The third-order valence-corrected chi connectivity index (χ3v) is 4.78. The summed E-state index contributed by atoms with van der Waals surface area (Å²) in [4.78, 5) is 0. The number of hydrogen-bond acceptors (Lipinski definition) is 3. The van der Waals surface area contributed by atoms with E-state index in [1.54, 1.807) is 0 Å². The van der Waals surface area contributed by atoms with Crippen LogP contribution in [-0.2, 0) is 4.74 Å². The molecule has 2 atom stereocenters. The lowest BCUT2D eigenvalue weighted by Crippen LogP contribution is -2.39. The zero-order chi connectivity index (χ0) is 15.3. The average Bonchev–Trinajstić information content (AvgIpc) is 2.90. The maximum Gasteiger partial charge on any atom is 0.0536 e. The summed E-state index contributed by atoms with van der Waals surface area (Å²) in [5.74, 6) is 0.443. The van der Waals surface area contributed by atoms with Crippen LogP contribution in [0.15, 0.2) is 24.3 Å². The largest absolute Gasteiger partial charge is 0.396 e. The Morgan fingerprint density at radius 3 is 2.71 bits per heavy atom. The Morgan fingerprint density at radius 2 is 2.14 bits per heavy atom. The average molecular weight is 312 g/mol. The van der Waals surface area contributed by atoms with Gasteiger partial charge in [0.2, 0.25) is 0 Å². The number of aliphatic hydroxyl groups excluding tert-OH is 1. The van der Waals surface area contributed by atoms with Crippen molar-refractivity contribution in [1.82, 2.24) is 5.32 Å². The molecular weight excluding hydrogens is 286 g/mol. The molecule has 1 fully saturated rings. The van der Waals surface area contributed by atoms with Gasteiger partial charge in [-0.3, -0.25) is 0 Å². The van der Waals surface area contributed by atoms with E-state index in [4.69, 9.17) is 16.3 Å². The topological polar surface area (TPSA) is 41.5 Å². The van der Waals surface area contributed by atoms with Gasteiger partial charge in [0.1, 0.15) is 0 Å². The van der Waals surface area contributed by atoms with E-state index < -0.39 is 0 Å². The summed E-state index contributed by atoms with van der Waals surface area (Å²) < 4.78 is 5.56. The molecule has 0 saturated carbocycles. The molecule has 0 radical (unpaired) electrons. The van der Waals surface area contributed by atoms with E-state index >= 15 is 0 Å². The van der Waals surface area contributed by atoms with E-state index in [1.807, 2.05) is 18.2 Å². The normalized spacial score (nSPS) is 23.7. The summed E-state index contributed by atoms with van der Waals surface area (Å²) in [6.45, 7) is 6.98. The second-order valence-electron chi connectivity index (χ2n) is 6.40. The molecule has 2 rings (SSSR count). The number of rotatable bonds is 7. The zero-order valence-electron chi connectivity index (χ0n) is 12.9. The summed E-state index contributed by atoms with van der Waals surface area (Å²) >= 11 is 6.35. The van der Waals surface area contributed by atoms with Crippen LogP contribution < -0.4 is 5.32 Å². The number of hydrogen-bond donors (Lipinski definition) is 2. The van der Waals surface area contributed by atoms with Gasteiger partial charge in [0.15, 0.2) is 0 Å². The first-order valence-corrected chi connectivity index (χ1v) is 8.12. The van der Waals surface area contributed by atoms with Crippen LogP contribution >= 0.6 is 11.6 Å². The first-order chi connectivity index (χ1) is 10.1. The fourth-order valence-corrected chi connectivity index (χ4v) is 3.32. The van der Waals surface area contributed by atoms with Gasteiger partial charge in [-0.15, -0.1) is 0 Å². The number of benzene rings is 1. The first-order valence-electron chi connectivity index (χ1n) is 7.74. The number of aliphatic hydroxyl groups is 1. The molecule has 0 aromatic heterocycles. The molecule has 21 heavy (non-hydrogen) atoms. The Labute approximate surface area is 132 Å². The molecule has 1 aliphatic rings. The van der Waals surface area contributed by atoms with Gasteiger partial charge in [-0.05, 0) is 30.4 Å². The predicted molar refractivity (Wildman–Crippen MR) is 86.6 cm³/mol. The van der Waals surface area contributed by atoms with E-state index in [-0.39, 0.29) is 18.1 Å².